The highest BCUT2D eigenvalue weighted by Crippen LogP contribution is 2.06. The molecule has 1 aromatic carbocycles. The predicted octanol–water partition coefficient (Wildman–Crippen LogP) is 1.38. The maximum Gasteiger partial charge on any atom is 0.240 e. The first kappa shape index (κ1) is 9.86. The van der Waals surface area contributed by atoms with Gasteiger partial charge in [-0.15, -0.1) is 0 Å². The molecule has 2 rings (SSSR count). The van der Waals surface area contributed by atoms with Crippen LogP contribution in [0.15, 0.2) is 34.9 Å². The van der Waals surface area contributed by atoms with Crippen LogP contribution in [0.2, 0.25) is 0 Å². The SMILES string of the molecule is CNCc1nc(Cc2ccccc2)no1. The van der Waals surface area contributed by atoms with E-state index in [1.807, 2.05) is 37.4 Å². The summed E-state index contributed by atoms with van der Waals surface area (Å²) >= 11 is 0. The van der Waals surface area contributed by atoms with Crippen molar-refractivity contribution < 1.29 is 4.52 Å². The van der Waals surface area contributed by atoms with Crippen LogP contribution in [0.4, 0.5) is 0 Å². The summed E-state index contributed by atoms with van der Waals surface area (Å²) in [7, 11) is 1.85. The van der Waals surface area contributed by atoms with Gasteiger partial charge in [0.1, 0.15) is 0 Å². The van der Waals surface area contributed by atoms with Crippen LogP contribution in [0.25, 0.3) is 0 Å². The van der Waals surface area contributed by atoms with Gasteiger partial charge in [0.2, 0.25) is 5.89 Å². The van der Waals surface area contributed by atoms with Crippen LogP contribution in [0.1, 0.15) is 17.3 Å². The van der Waals surface area contributed by atoms with Crippen LogP contribution in [-0.4, -0.2) is 17.2 Å². The zero-order chi connectivity index (χ0) is 10.5. The van der Waals surface area contributed by atoms with Gasteiger partial charge in [-0.05, 0) is 12.6 Å². The minimum atomic E-state index is 0.613. The quantitative estimate of drug-likeness (QED) is 0.815. The van der Waals surface area contributed by atoms with Crippen molar-refractivity contribution in [3.63, 3.8) is 0 Å². The van der Waals surface area contributed by atoms with Crippen LogP contribution in [0.5, 0.6) is 0 Å². The number of benzene rings is 1. The van der Waals surface area contributed by atoms with Crippen LogP contribution >= 0.6 is 0 Å². The molecule has 0 saturated carbocycles. The molecule has 15 heavy (non-hydrogen) atoms. The van der Waals surface area contributed by atoms with Crippen molar-refractivity contribution in [2.24, 2.45) is 0 Å². The highest BCUT2D eigenvalue weighted by molar-refractivity contribution is 5.18. The molecular formula is C11H13N3O. The van der Waals surface area contributed by atoms with Gasteiger partial charge in [0.05, 0.1) is 6.54 Å². The van der Waals surface area contributed by atoms with E-state index in [9.17, 15) is 0 Å². The molecule has 1 aromatic heterocycles. The topological polar surface area (TPSA) is 51.0 Å². The van der Waals surface area contributed by atoms with E-state index in [0.717, 1.165) is 5.82 Å². The fraction of sp³-hybridized carbons (Fsp3) is 0.273. The zero-order valence-corrected chi connectivity index (χ0v) is 8.60. The van der Waals surface area contributed by atoms with Crippen molar-refractivity contribution in [1.29, 1.82) is 0 Å². The normalized spacial score (nSPS) is 10.5. The van der Waals surface area contributed by atoms with Gasteiger partial charge in [-0.25, -0.2) is 0 Å². The Morgan fingerprint density at radius 2 is 2.07 bits per heavy atom. The Hall–Kier alpha value is -1.68. The summed E-state index contributed by atoms with van der Waals surface area (Å²) < 4.78 is 5.05. The molecule has 0 bridgehead atoms. The molecule has 0 amide bonds. The van der Waals surface area contributed by atoms with Crippen molar-refractivity contribution in [2.45, 2.75) is 13.0 Å². The zero-order valence-electron chi connectivity index (χ0n) is 8.60. The molecule has 2 aromatic rings. The van der Waals surface area contributed by atoms with Gasteiger partial charge in [-0.3, -0.25) is 0 Å². The molecule has 4 heteroatoms. The van der Waals surface area contributed by atoms with Crippen molar-refractivity contribution >= 4 is 0 Å². The highest BCUT2D eigenvalue weighted by Gasteiger charge is 2.05. The van der Waals surface area contributed by atoms with Gasteiger partial charge in [0.15, 0.2) is 5.82 Å². The van der Waals surface area contributed by atoms with Gasteiger partial charge >= 0.3 is 0 Å². The monoisotopic (exact) mass is 203 g/mol. The Bertz CT molecular complexity index is 411. The molecule has 0 atom stereocenters. The van der Waals surface area contributed by atoms with Crippen molar-refractivity contribution in [2.75, 3.05) is 7.05 Å². The smallest absolute Gasteiger partial charge is 0.240 e. The fourth-order valence-corrected chi connectivity index (χ4v) is 1.36. The number of nitrogens with one attached hydrogen (secondary N) is 1. The third kappa shape index (κ3) is 2.63. The third-order valence-electron chi connectivity index (χ3n) is 2.04. The van der Waals surface area contributed by atoms with E-state index in [2.05, 4.69) is 15.5 Å². The lowest BCUT2D eigenvalue weighted by molar-refractivity contribution is 0.367. The molecule has 0 saturated heterocycles. The van der Waals surface area contributed by atoms with Crippen LogP contribution in [0, 0.1) is 0 Å². The van der Waals surface area contributed by atoms with E-state index in [4.69, 9.17) is 4.52 Å². The van der Waals surface area contributed by atoms with E-state index >= 15 is 0 Å². The summed E-state index contributed by atoms with van der Waals surface area (Å²) in [6.07, 6.45) is 0.716. The van der Waals surface area contributed by atoms with E-state index in [1.54, 1.807) is 0 Å². The van der Waals surface area contributed by atoms with Crippen LogP contribution in [0.3, 0.4) is 0 Å². The molecule has 0 unspecified atom stereocenters. The second-order valence-electron chi connectivity index (χ2n) is 3.30. The number of aromatic nitrogens is 2. The molecular weight excluding hydrogens is 190 g/mol. The molecule has 78 valence electrons. The van der Waals surface area contributed by atoms with E-state index in [-0.39, 0.29) is 0 Å². The van der Waals surface area contributed by atoms with Crippen molar-refractivity contribution in [1.82, 2.24) is 15.5 Å². The van der Waals surface area contributed by atoms with Crippen molar-refractivity contribution in [3.05, 3.63) is 47.6 Å². The first-order valence-electron chi connectivity index (χ1n) is 4.88. The lowest BCUT2D eigenvalue weighted by atomic mass is 10.1. The fourth-order valence-electron chi connectivity index (χ4n) is 1.36. The molecule has 0 aliphatic heterocycles. The number of hydrogen-bond donors (Lipinski definition) is 1. The van der Waals surface area contributed by atoms with Gasteiger partial charge in [-0.1, -0.05) is 35.5 Å². The predicted molar refractivity (Wildman–Crippen MR) is 56.3 cm³/mol. The summed E-state index contributed by atoms with van der Waals surface area (Å²) in [5.41, 5.74) is 1.19. The molecule has 0 aliphatic rings. The van der Waals surface area contributed by atoms with Crippen LogP contribution in [-0.2, 0) is 13.0 Å². The highest BCUT2D eigenvalue weighted by atomic mass is 16.5. The summed E-state index contributed by atoms with van der Waals surface area (Å²) in [5, 5.41) is 6.87. The molecule has 0 radical (unpaired) electrons. The van der Waals surface area contributed by atoms with Gasteiger partial charge in [0.25, 0.3) is 0 Å². The Balaban J connectivity index is 2.05. The Morgan fingerprint density at radius 3 is 2.80 bits per heavy atom. The number of rotatable bonds is 4. The summed E-state index contributed by atoms with van der Waals surface area (Å²) in [5.74, 6) is 1.36. The maximum atomic E-state index is 5.05. The van der Waals surface area contributed by atoms with Gasteiger partial charge < -0.3 is 9.84 Å². The molecule has 0 aliphatic carbocycles. The van der Waals surface area contributed by atoms with E-state index < -0.39 is 0 Å². The number of hydrogen-bond acceptors (Lipinski definition) is 4. The minimum Gasteiger partial charge on any atom is -0.338 e. The minimum absolute atomic E-state index is 0.613. The lowest BCUT2D eigenvalue weighted by Gasteiger charge is -1.93. The standard InChI is InChI=1S/C11H13N3O/c1-12-8-11-13-10(14-15-11)7-9-5-3-2-4-6-9/h2-6,12H,7-8H2,1H3. The average Bonchev–Trinajstić information content (AvgIpc) is 2.68. The average molecular weight is 203 g/mol. The maximum absolute atomic E-state index is 5.05. The van der Waals surface area contributed by atoms with E-state index in [1.165, 1.54) is 5.56 Å². The lowest BCUT2D eigenvalue weighted by Crippen LogP contribution is -2.05. The molecule has 0 spiro atoms. The Kier molecular flexibility index (Phi) is 3.09. The van der Waals surface area contributed by atoms with Gasteiger partial charge in [-0.2, -0.15) is 4.98 Å². The second kappa shape index (κ2) is 4.70. The summed E-state index contributed by atoms with van der Waals surface area (Å²) in [6.45, 7) is 0.613. The Morgan fingerprint density at radius 1 is 1.27 bits per heavy atom. The van der Waals surface area contributed by atoms with Crippen LogP contribution < -0.4 is 5.32 Å². The third-order valence-corrected chi connectivity index (χ3v) is 2.04. The second-order valence-corrected chi connectivity index (χ2v) is 3.30. The molecule has 1 heterocycles. The molecule has 0 fully saturated rings. The Labute approximate surface area is 88.3 Å². The summed E-state index contributed by atoms with van der Waals surface area (Å²) in [4.78, 5) is 4.25. The largest absolute Gasteiger partial charge is 0.338 e. The first-order valence-corrected chi connectivity index (χ1v) is 4.88. The van der Waals surface area contributed by atoms with E-state index in [0.29, 0.717) is 18.9 Å². The van der Waals surface area contributed by atoms with Crippen molar-refractivity contribution in [3.8, 4) is 0 Å². The molecule has 1 N–H and O–H groups in total. The first-order chi connectivity index (χ1) is 7.38. The molecule has 4 nitrogen and oxygen atoms in total. The van der Waals surface area contributed by atoms with Gasteiger partial charge in [0, 0.05) is 6.42 Å². The summed E-state index contributed by atoms with van der Waals surface area (Å²) in [6, 6.07) is 10.1. The number of nitrogens with zero attached hydrogens (tertiary/aromatic N) is 2.